The third-order valence-corrected chi connectivity index (χ3v) is 6.33. The van der Waals surface area contributed by atoms with Crippen LogP contribution in [0, 0.1) is 0 Å². The van der Waals surface area contributed by atoms with Crippen molar-refractivity contribution in [3.8, 4) is 0 Å². The number of anilines is 2. The number of aryl methyl sites for hydroxylation is 1. The van der Waals surface area contributed by atoms with Crippen LogP contribution in [0.4, 0.5) is 10.8 Å². The molecule has 9 heteroatoms. The molecule has 0 atom stereocenters. The van der Waals surface area contributed by atoms with E-state index in [2.05, 4.69) is 15.3 Å². The number of nitrogens with one attached hydrogen (secondary N) is 1. The molecule has 1 aliphatic rings. The number of ether oxygens (including phenoxy) is 1. The molecule has 4 aromatic rings. The van der Waals surface area contributed by atoms with Crippen LogP contribution in [-0.4, -0.2) is 47.0 Å². The van der Waals surface area contributed by atoms with Gasteiger partial charge in [0.15, 0.2) is 5.13 Å². The Bertz CT molecular complexity index is 1310. The van der Waals surface area contributed by atoms with Gasteiger partial charge in [0, 0.05) is 30.6 Å². The van der Waals surface area contributed by atoms with Gasteiger partial charge in [-0.3, -0.25) is 14.3 Å². The highest BCUT2D eigenvalue weighted by molar-refractivity contribution is 7.22. The molecule has 1 amide bonds. The van der Waals surface area contributed by atoms with Crippen LogP contribution < -0.4 is 15.6 Å². The molecule has 2 aromatic carbocycles. The molecule has 0 saturated carbocycles. The van der Waals surface area contributed by atoms with Crippen LogP contribution in [0.3, 0.4) is 0 Å². The molecule has 158 valence electrons. The van der Waals surface area contributed by atoms with Crippen molar-refractivity contribution in [2.24, 2.45) is 0 Å². The molecule has 0 unspecified atom stereocenters. The van der Waals surface area contributed by atoms with Gasteiger partial charge in [-0.1, -0.05) is 23.5 Å². The summed E-state index contributed by atoms with van der Waals surface area (Å²) < 4.78 is 8.13. The van der Waals surface area contributed by atoms with Crippen LogP contribution in [0.25, 0.3) is 21.1 Å². The molecule has 2 aromatic heterocycles. The number of hydrogen-bond acceptors (Lipinski definition) is 7. The van der Waals surface area contributed by atoms with E-state index < -0.39 is 0 Å². The van der Waals surface area contributed by atoms with Gasteiger partial charge in [0.05, 0.1) is 41.7 Å². The summed E-state index contributed by atoms with van der Waals surface area (Å²) in [5, 5.41) is 8.72. The minimum absolute atomic E-state index is 0.109. The van der Waals surface area contributed by atoms with E-state index in [1.807, 2.05) is 36.4 Å². The average molecular weight is 436 g/mol. The summed E-state index contributed by atoms with van der Waals surface area (Å²) in [6.07, 6.45) is 1.55. The fraction of sp³-hybridized carbons (Fsp3) is 0.273. The van der Waals surface area contributed by atoms with Crippen LogP contribution in [0.2, 0.25) is 0 Å². The highest BCUT2D eigenvalue weighted by Crippen LogP contribution is 2.31. The summed E-state index contributed by atoms with van der Waals surface area (Å²) in [5.41, 5.74) is 2.27. The van der Waals surface area contributed by atoms with Crippen molar-refractivity contribution >= 4 is 49.2 Å². The van der Waals surface area contributed by atoms with E-state index in [0.29, 0.717) is 11.9 Å². The number of morpholine rings is 1. The maximum Gasteiger partial charge on any atom is 0.226 e. The van der Waals surface area contributed by atoms with E-state index in [-0.39, 0.29) is 17.8 Å². The Morgan fingerprint density at radius 3 is 2.87 bits per heavy atom. The molecule has 31 heavy (non-hydrogen) atoms. The number of carbonyl (C=O) groups excluding carboxylic acids is 1. The number of fused-ring (bicyclic) bond motifs is 2. The molecule has 1 fully saturated rings. The molecular formula is C22H21N5O3S. The average Bonchev–Trinajstić information content (AvgIpc) is 3.23. The van der Waals surface area contributed by atoms with Gasteiger partial charge in [-0.25, -0.2) is 4.98 Å². The van der Waals surface area contributed by atoms with Gasteiger partial charge in [0.1, 0.15) is 0 Å². The summed E-state index contributed by atoms with van der Waals surface area (Å²) in [4.78, 5) is 31.4. The summed E-state index contributed by atoms with van der Waals surface area (Å²) in [5.74, 6) is -0.109. The van der Waals surface area contributed by atoms with E-state index in [9.17, 15) is 9.59 Å². The molecule has 1 N–H and O–H groups in total. The molecule has 0 bridgehead atoms. The lowest BCUT2D eigenvalue weighted by atomic mass is 10.2. The van der Waals surface area contributed by atoms with Gasteiger partial charge >= 0.3 is 0 Å². The summed E-state index contributed by atoms with van der Waals surface area (Å²) in [6, 6.07) is 13.0. The predicted molar refractivity (Wildman–Crippen MR) is 122 cm³/mol. The third-order valence-electron chi connectivity index (χ3n) is 5.26. The second-order valence-corrected chi connectivity index (χ2v) is 8.33. The molecule has 1 aliphatic heterocycles. The quantitative estimate of drug-likeness (QED) is 0.519. The number of nitrogens with zero attached hydrogens (tertiary/aromatic N) is 4. The van der Waals surface area contributed by atoms with Crippen molar-refractivity contribution in [3.05, 3.63) is 58.9 Å². The van der Waals surface area contributed by atoms with Gasteiger partial charge < -0.3 is 15.0 Å². The molecule has 1 saturated heterocycles. The van der Waals surface area contributed by atoms with Crippen LogP contribution >= 0.6 is 11.3 Å². The third kappa shape index (κ3) is 4.14. The van der Waals surface area contributed by atoms with Crippen LogP contribution in [0.5, 0.6) is 0 Å². The monoisotopic (exact) mass is 435 g/mol. The number of rotatable bonds is 5. The molecule has 5 rings (SSSR count). The Balaban J connectivity index is 1.27. The lowest BCUT2D eigenvalue weighted by Gasteiger charge is -2.25. The van der Waals surface area contributed by atoms with Crippen LogP contribution in [0.1, 0.15) is 6.42 Å². The zero-order valence-corrected chi connectivity index (χ0v) is 17.6. The Morgan fingerprint density at radius 1 is 1.16 bits per heavy atom. The smallest absolute Gasteiger partial charge is 0.226 e. The number of benzene rings is 2. The summed E-state index contributed by atoms with van der Waals surface area (Å²) in [6.45, 7) is 3.51. The second kappa shape index (κ2) is 8.44. The Labute approximate surface area is 182 Å². The minimum atomic E-state index is -0.120. The molecule has 8 nitrogen and oxygen atoms in total. The van der Waals surface area contributed by atoms with Crippen molar-refractivity contribution < 1.29 is 9.53 Å². The Kier molecular flexibility index (Phi) is 5.35. The van der Waals surface area contributed by atoms with E-state index in [4.69, 9.17) is 9.72 Å². The highest BCUT2D eigenvalue weighted by atomic mass is 32.1. The maximum absolute atomic E-state index is 12.5. The molecule has 0 spiro atoms. The van der Waals surface area contributed by atoms with E-state index >= 15 is 0 Å². The zero-order valence-electron chi connectivity index (χ0n) is 16.8. The van der Waals surface area contributed by atoms with Crippen LogP contribution in [-0.2, 0) is 16.1 Å². The normalized spacial score (nSPS) is 14.3. The van der Waals surface area contributed by atoms with Gasteiger partial charge in [0.25, 0.3) is 0 Å². The molecule has 3 heterocycles. The first-order valence-corrected chi connectivity index (χ1v) is 11.0. The number of hydrogen-bond donors (Lipinski definition) is 1. The molecular weight excluding hydrogens is 414 g/mol. The van der Waals surface area contributed by atoms with Crippen molar-refractivity contribution in [3.63, 3.8) is 0 Å². The SMILES string of the molecule is O=C(CCn1ncc(=O)c2ccccc21)Nc1ccc2nc(N3CCOCC3)sc2c1. The van der Waals surface area contributed by atoms with Crippen molar-refractivity contribution in [1.82, 2.24) is 14.8 Å². The standard InChI is InChI=1S/C22H21N5O3S/c28-19-14-23-27(18-4-2-1-3-16(18)19)8-7-21(29)24-15-5-6-17-20(13-15)31-22(25-17)26-9-11-30-12-10-26/h1-6,13-14H,7-12H2,(H,24,29). The number of para-hydroxylation sites is 1. The fourth-order valence-electron chi connectivity index (χ4n) is 3.65. The van der Waals surface area contributed by atoms with E-state index in [1.54, 1.807) is 22.1 Å². The van der Waals surface area contributed by atoms with Gasteiger partial charge in [-0.2, -0.15) is 5.10 Å². The number of aromatic nitrogens is 3. The lowest BCUT2D eigenvalue weighted by Crippen LogP contribution is -2.36. The van der Waals surface area contributed by atoms with E-state index in [1.165, 1.54) is 6.20 Å². The summed E-state index contributed by atoms with van der Waals surface area (Å²) >= 11 is 1.62. The summed E-state index contributed by atoms with van der Waals surface area (Å²) in [7, 11) is 0. The first-order valence-electron chi connectivity index (χ1n) is 10.2. The van der Waals surface area contributed by atoms with Crippen molar-refractivity contribution in [2.45, 2.75) is 13.0 Å². The van der Waals surface area contributed by atoms with Crippen molar-refractivity contribution in [2.75, 3.05) is 36.5 Å². The van der Waals surface area contributed by atoms with Crippen molar-refractivity contribution in [1.29, 1.82) is 0 Å². The first-order chi connectivity index (χ1) is 15.2. The fourth-order valence-corrected chi connectivity index (χ4v) is 4.71. The zero-order chi connectivity index (χ0) is 21.2. The largest absolute Gasteiger partial charge is 0.378 e. The topological polar surface area (TPSA) is 89.3 Å². The van der Waals surface area contributed by atoms with Gasteiger partial charge in [-0.05, 0) is 30.3 Å². The number of carbonyl (C=O) groups is 1. The minimum Gasteiger partial charge on any atom is -0.378 e. The molecule has 0 radical (unpaired) electrons. The molecule has 0 aliphatic carbocycles. The first kappa shape index (κ1) is 19.7. The number of thiazole rings is 1. The second-order valence-electron chi connectivity index (χ2n) is 7.33. The van der Waals surface area contributed by atoms with Gasteiger partial charge in [-0.15, -0.1) is 0 Å². The van der Waals surface area contributed by atoms with Crippen LogP contribution in [0.15, 0.2) is 53.5 Å². The Hall–Kier alpha value is -3.30. The maximum atomic E-state index is 12.5. The lowest BCUT2D eigenvalue weighted by molar-refractivity contribution is -0.116. The Morgan fingerprint density at radius 2 is 2.00 bits per heavy atom. The van der Waals surface area contributed by atoms with E-state index in [0.717, 1.165) is 52.9 Å². The van der Waals surface area contributed by atoms with Gasteiger partial charge in [0.2, 0.25) is 11.3 Å². The highest BCUT2D eigenvalue weighted by Gasteiger charge is 2.16. The predicted octanol–water partition coefficient (Wildman–Crippen LogP) is 2.87. The number of amides is 1.